The van der Waals surface area contributed by atoms with E-state index in [0.29, 0.717) is 149 Å². The van der Waals surface area contributed by atoms with Crippen molar-refractivity contribution in [3.8, 4) is 0 Å². The summed E-state index contributed by atoms with van der Waals surface area (Å²) in [5.74, 6) is 2.18. The van der Waals surface area contributed by atoms with Crippen LogP contribution in [0.5, 0.6) is 0 Å². The van der Waals surface area contributed by atoms with Gasteiger partial charge in [-0.2, -0.15) is 0 Å². The number of amides is 7. The van der Waals surface area contributed by atoms with Crippen LogP contribution in [0.3, 0.4) is 0 Å². The van der Waals surface area contributed by atoms with Crippen molar-refractivity contribution in [2.45, 2.75) is 165 Å². The third kappa shape index (κ3) is 22.3. The van der Waals surface area contributed by atoms with Crippen LogP contribution in [0.2, 0.25) is 0 Å². The van der Waals surface area contributed by atoms with Crippen LogP contribution >= 0.6 is 0 Å². The van der Waals surface area contributed by atoms with Crippen molar-refractivity contribution in [2.75, 3.05) is 118 Å². The molecule has 1 fully saturated rings. The third-order valence-electron chi connectivity index (χ3n) is 23.4. The average Bonchev–Trinajstić information content (AvgIpc) is 1.16. The molecule has 0 atom stereocenters. The number of aromatic nitrogens is 10. The summed E-state index contributed by atoms with van der Waals surface area (Å²) in [5, 5.41) is 0. The van der Waals surface area contributed by atoms with E-state index in [0.717, 1.165) is 84.9 Å². The highest BCUT2D eigenvalue weighted by molar-refractivity contribution is 6.11. The number of nitrogens with one attached hydrogen (secondary N) is 5. The van der Waals surface area contributed by atoms with Gasteiger partial charge in [0, 0.05) is 179 Å². The molecule has 0 unspecified atom stereocenters. The van der Waals surface area contributed by atoms with Crippen molar-refractivity contribution in [1.82, 2.24) is 49.8 Å². The number of carbonyl (C=O) groups excluding carboxylic acids is 9. The van der Waals surface area contributed by atoms with Gasteiger partial charge in [-0.25, -0.2) is 24.9 Å². The smallest absolute Gasteiger partial charge is 0.255 e. The van der Waals surface area contributed by atoms with E-state index in [1.165, 1.54) is 27.2 Å². The van der Waals surface area contributed by atoms with Crippen LogP contribution < -0.4 is 71.9 Å². The van der Waals surface area contributed by atoms with E-state index in [1.807, 2.05) is 134 Å². The van der Waals surface area contributed by atoms with Gasteiger partial charge in [-0.05, 0) is 172 Å². The lowest BCUT2D eigenvalue weighted by Gasteiger charge is -2.36. The van der Waals surface area contributed by atoms with Crippen molar-refractivity contribution in [3.63, 3.8) is 0 Å². The summed E-state index contributed by atoms with van der Waals surface area (Å²) in [6.45, 7) is 19.3. The van der Waals surface area contributed by atoms with E-state index in [4.69, 9.17) is 0 Å². The van der Waals surface area contributed by atoms with Crippen LogP contribution in [0.4, 0.5) is 51.7 Å². The Morgan fingerprint density at radius 2 is 0.664 bits per heavy atom. The second kappa shape index (κ2) is 41.7. The Kier molecular flexibility index (Phi) is 30.3. The highest BCUT2D eigenvalue weighted by Gasteiger charge is 2.34. The zero-order valence-corrected chi connectivity index (χ0v) is 74.5. The Labute approximate surface area is 740 Å². The topological polar surface area (TPSA) is 412 Å². The molecule has 10 aromatic rings. The minimum absolute atomic E-state index is 0.00777. The molecule has 5 aromatic carbocycles. The SMILES string of the molecule is CC(=O)N1CCN(C(=O)CCc2c(C)nc(C)[nH]c2=O)c2ccccc21.Cc1nc(C)c(CCC(=O)N2CC(=O)N(C)c3ccccc32)c(=O)[nH]1.Cc1nc(C)c(CCC(=O)N2CCCc3ccccc32)c(=O)[nH]1.Cc1nc(N(C)C)[nH]c(=O)c1CCC(=O)N1CC(=O)Cc2ccccc21.Cc1nc(N2CCCC2)[nH]c(=O)c1CCC(=O)N1CC(=O)Cc2ccccc21. The van der Waals surface area contributed by atoms with Crippen molar-refractivity contribution in [2.24, 2.45) is 0 Å². The minimum Gasteiger partial charge on any atom is -0.348 e. The first-order chi connectivity index (χ1) is 61.2. The summed E-state index contributed by atoms with van der Waals surface area (Å²) in [5.41, 5.74) is 13.4. The van der Waals surface area contributed by atoms with Gasteiger partial charge in [-0.3, -0.25) is 77.1 Å². The number of rotatable bonds is 17. The Hall–Kier alpha value is -14.3. The van der Waals surface area contributed by atoms with Gasteiger partial charge in [0.05, 0.1) is 35.8 Å². The fourth-order valence-corrected chi connectivity index (χ4v) is 16.8. The number of hydrogen-bond acceptors (Lipinski definition) is 21. The van der Waals surface area contributed by atoms with Gasteiger partial charge in [0.25, 0.3) is 27.8 Å². The largest absolute Gasteiger partial charge is 0.348 e. The van der Waals surface area contributed by atoms with Crippen LogP contribution in [-0.4, -0.2) is 176 Å². The first-order valence-corrected chi connectivity index (χ1v) is 43.0. The molecule has 128 heavy (non-hydrogen) atoms. The second-order valence-corrected chi connectivity index (χ2v) is 32.7. The highest BCUT2D eigenvalue weighted by Crippen LogP contribution is 2.36. The van der Waals surface area contributed by atoms with E-state index in [-0.39, 0.29) is 139 Å². The van der Waals surface area contributed by atoms with Crippen LogP contribution in [0.25, 0.3) is 0 Å². The van der Waals surface area contributed by atoms with Gasteiger partial charge in [-0.1, -0.05) is 78.9 Å². The number of benzene rings is 5. The maximum atomic E-state index is 12.8. The van der Waals surface area contributed by atoms with Gasteiger partial charge >= 0.3 is 0 Å². The van der Waals surface area contributed by atoms with Crippen molar-refractivity contribution < 1.29 is 43.2 Å². The normalized spacial score (nSPS) is 14.2. The molecule has 5 aromatic heterocycles. The lowest BCUT2D eigenvalue weighted by atomic mass is 10.00. The van der Waals surface area contributed by atoms with E-state index in [2.05, 4.69) is 60.8 Å². The number of aryl methyl sites for hydroxylation is 9. The van der Waals surface area contributed by atoms with Gasteiger partial charge in [0.15, 0.2) is 11.6 Å². The molecule has 16 rings (SSSR count). The summed E-state index contributed by atoms with van der Waals surface area (Å²) in [6.07, 6.45) is 7.54. The number of aromatic amines is 5. The van der Waals surface area contributed by atoms with E-state index >= 15 is 0 Å². The lowest BCUT2D eigenvalue weighted by molar-refractivity contribution is -0.122. The molecule has 5 N–H and O–H groups in total. The number of hydrogen-bond donors (Lipinski definition) is 5. The molecule has 6 aliphatic heterocycles. The Morgan fingerprint density at radius 3 is 1.06 bits per heavy atom. The van der Waals surface area contributed by atoms with Crippen molar-refractivity contribution in [3.05, 3.63) is 264 Å². The van der Waals surface area contributed by atoms with Crippen LogP contribution in [0.15, 0.2) is 145 Å². The molecule has 33 heteroatoms. The predicted molar refractivity (Wildman–Crippen MR) is 491 cm³/mol. The molecule has 11 heterocycles. The van der Waals surface area contributed by atoms with Crippen LogP contribution in [0.1, 0.15) is 149 Å². The first kappa shape index (κ1) is 92.9. The number of carbonyl (C=O) groups is 9. The standard InChI is InChI=1S/C21H24N4O3.2C19H22N4O3.C18H20N4O3.C18H21N3O2/c1-14-17(20(28)23-21(22-14)24-10-4-5-11-24)8-9-19(27)25-13-16(26)12-15-6-2-3-7-18(15)25;1-12-15(18(26)21-19(20-12)22(2)3)8-9-17(25)23-11-14(24)10-13-6-4-5-7-16(13)23;1-12-15(19(26)21-13(2)20-12)8-9-18(25)23-11-10-22(14(3)24)16-6-4-5-7-17(16)23;1-11-13(18(25)20-12(2)19-11)8-9-16(23)22-10-17(24)21(3)14-6-4-5-7-15(14)22;1-12-15(18(23)20-13(2)19-12)9-10-17(22)21-11-5-7-14-6-3-4-8-16(14)21/h2-3,6-7H,4-5,8-13H2,1H3,(H,22,23,28);2*4-7H,8-11H2,1-3H3,(H,20,21,26);4-7H,8-10H2,1-3H3,(H,19,20,25);3-4,6,8H,5,7,9-11H2,1-2H3,(H,19,20,23). The molecule has 0 spiro atoms. The van der Waals surface area contributed by atoms with E-state index in [9.17, 15) is 67.1 Å². The Balaban J connectivity index is 0.000000145. The van der Waals surface area contributed by atoms with Gasteiger partial charge in [-0.15, -0.1) is 0 Å². The number of fused-ring (bicyclic) bond motifs is 5. The summed E-state index contributed by atoms with van der Waals surface area (Å²) < 4.78 is 0. The van der Waals surface area contributed by atoms with Crippen LogP contribution in [0, 0.1) is 55.4 Å². The summed E-state index contributed by atoms with van der Waals surface area (Å²) >= 11 is 0. The predicted octanol–water partition coefficient (Wildman–Crippen LogP) is 8.35. The fourth-order valence-electron chi connectivity index (χ4n) is 16.8. The van der Waals surface area contributed by atoms with Crippen molar-refractivity contribution in [1.29, 1.82) is 0 Å². The number of ketones is 2. The minimum atomic E-state index is -0.232. The van der Waals surface area contributed by atoms with E-state index in [1.54, 1.807) is 82.3 Å². The molecule has 0 bridgehead atoms. The molecule has 1 saturated heterocycles. The number of likely N-dealkylation sites (N-methyl/N-ethyl adjacent to an activating group) is 1. The lowest BCUT2D eigenvalue weighted by Crippen LogP contribution is -2.46. The number of nitrogens with zero attached hydrogens (tertiary/aromatic N) is 14. The average molecular weight is 1740 g/mol. The molecule has 7 amide bonds. The first-order valence-electron chi connectivity index (χ1n) is 43.0. The number of para-hydroxylation sites is 7. The zero-order chi connectivity index (χ0) is 91.9. The second-order valence-electron chi connectivity index (χ2n) is 32.7. The third-order valence-corrected chi connectivity index (χ3v) is 23.4. The summed E-state index contributed by atoms with van der Waals surface area (Å²) in [6, 6.07) is 37.6. The maximum absolute atomic E-state index is 12.8. The van der Waals surface area contributed by atoms with Gasteiger partial charge < -0.3 is 59.1 Å². The molecule has 0 saturated carbocycles. The zero-order valence-electron chi connectivity index (χ0n) is 74.5. The Bertz CT molecular complexity index is 6240. The summed E-state index contributed by atoms with van der Waals surface area (Å²) in [4.78, 5) is 223. The molecular weight excluding hydrogens is 1630 g/mol. The fraction of sp³-hybridized carbons (Fsp3) is 0.379. The molecule has 33 nitrogen and oxygen atoms in total. The molecule has 0 radical (unpaired) electrons. The molecule has 0 aliphatic carbocycles. The molecule has 668 valence electrons. The quantitative estimate of drug-likeness (QED) is 0.0571. The number of Topliss-reactive ketones (excluding diaryl/α,β-unsaturated/α-hetero) is 2. The van der Waals surface area contributed by atoms with Crippen molar-refractivity contribution >= 4 is 105 Å². The monoisotopic (exact) mass is 1740 g/mol. The molecule has 6 aliphatic rings. The van der Waals surface area contributed by atoms with E-state index < -0.39 is 0 Å². The number of anilines is 9. The summed E-state index contributed by atoms with van der Waals surface area (Å²) in [7, 11) is 5.29. The molecular formula is C95H109N19O14. The Morgan fingerprint density at radius 1 is 0.344 bits per heavy atom. The maximum Gasteiger partial charge on any atom is 0.255 e. The van der Waals surface area contributed by atoms with Gasteiger partial charge in [0.2, 0.25) is 53.2 Å². The van der Waals surface area contributed by atoms with Crippen LogP contribution in [-0.2, 0) is 94.5 Å². The van der Waals surface area contributed by atoms with Gasteiger partial charge in [0.1, 0.15) is 24.0 Å². The highest BCUT2D eigenvalue weighted by atomic mass is 16.2. The number of H-pyrrole nitrogens is 5.